The van der Waals surface area contributed by atoms with Gasteiger partial charge in [0, 0.05) is 39.8 Å². The number of rotatable bonds is 10. The molecule has 2 rings (SSSR count). The number of hydrogen-bond donors (Lipinski definition) is 0. The van der Waals surface area contributed by atoms with Gasteiger partial charge in [0.25, 0.3) is 0 Å². The van der Waals surface area contributed by atoms with E-state index in [4.69, 9.17) is 18.9 Å². The second-order valence-corrected chi connectivity index (χ2v) is 9.61. The lowest BCUT2D eigenvalue weighted by Crippen LogP contribution is -2.23. The number of esters is 2. The highest BCUT2D eigenvalue weighted by molar-refractivity contribution is 5.89. The molecule has 6 nitrogen and oxygen atoms in total. The van der Waals surface area contributed by atoms with E-state index in [-0.39, 0.29) is 12.2 Å². The van der Waals surface area contributed by atoms with Crippen LogP contribution in [0.25, 0.3) is 0 Å². The van der Waals surface area contributed by atoms with Gasteiger partial charge >= 0.3 is 11.9 Å². The summed E-state index contributed by atoms with van der Waals surface area (Å²) in [6.45, 7) is 22.3. The zero-order chi connectivity index (χ0) is 26.5. The fourth-order valence-electron chi connectivity index (χ4n) is 3.40. The summed E-state index contributed by atoms with van der Waals surface area (Å²) in [5, 5.41) is 0. The van der Waals surface area contributed by atoms with Gasteiger partial charge in [-0.25, -0.2) is 9.59 Å². The van der Waals surface area contributed by atoms with E-state index in [1.807, 2.05) is 39.8 Å². The monoisotopic (exact) mass is 480 g/mol. The molecule has 188 valence electrons. The fourth-order valence-corrected chi connectivity index (χ4v) is 3.40. The molecule has 0 unspecified atom stereocenters. The van der Waals surface area contributed by atoms with Crippen LogP contribution in [0.4, 0.5) is 0 Å². The number of carbonyl (C=O) groups excluding carboxylic acids is 2. The van der Waals surface area contributed by atoms with Crippen molar-refractivity contribution in [2.24, 2.45) is 0 Å². The largest absolute Gasteiger partial charge is 0.491 e. The maximum Gasteiger partial charge on any atom is 0.338 e. The molecule has 0 fully saturated rings. The van der Waals surface area contributed by atoms with Gasteiger partial charge < -0.3 is 18.9 Å². The summed E-state index contributed by atoms with van der Waals surface area (Å²) in [4.78, 5) is 24.1. The first-order valence-corrected chi connectivity index (χ1v) is 11.6. The van der Waals surface area contributed by atoms with Crippen LogP contribution in [0.5, 0.6) is 23.0 Å². The normalized spacial score (nSPS) is 11.3. The summed E-state index contributed by atoms with van der Waals surface area (Å²) >= 11 is 0. The van der Waals surface area contributed by atoms with Crippen molar-refractivity contribution in [2.45, 2.75) is 73.0 Å². The van der Waals surface area contributed by atoms with Gasteiger partial charge in [-0.2, -0.15) is 0 Å². The average molecular weight is 481 g/mol. The minimum absolute atomic E-state index is 0.105. The molecule has 2 aromatic carbocycles. The zero-order valence-corrected chi connectivity index (χ0v) is 22.0. The Labute approximate surface area is 208 Å². The summed E-state index contributed by atoms with van der Waals surface area (Å²) in [6.07, 6.45) is -0.209. The van der Waals surface area contributed by atoms with E-state index in [1.54, 1.807) is 38.1 Å². The van der Waals surface area contributed by atoms with Crippen molar-refractivity contribution in [3.05, 3.63) is 71.8 Å². The smallest absolute Gasteiger partial charge is 0.338 e. The second-order valence-electron chi connectivity index (χ2n) is 9.61. The van der Waals surface area contributed by atoms with E-state index in [9.17, 15) is 9.59 Å². The van der Waals surface area contributed by atoms with Gasteiger partial charge in [-0.15, -0.1) is 0 Å². The predicted octanol–water partition coefficient (Wildman–Crippen LogP) is 6.55. The maximum atomic E-state index is 12.0. The Bertz CT molecular complexity index is 1040. The Morgan fingerprint density at radius 3 is 1.34 bits per heavy atom. The van der Waals surface area contributed by atoms with Crippen LogP contribution in [0.3, 0.4) is 0 Å². The highest BCUT2D eigenvalue weighted by atomic mass is 16.5. The van der Waals surface area contributed by atoms with Gasteiger partial charge in [0.05, 0.1) is 12.2 Å². The van der Waals surface area contributed by atoms with Gasteiger partial charge in [0.15, 0.2) is 0 Å². The van der Waals surface area contributed by atoms with Crippen LogP contribution < -0.4 is 18.9 Å². The van der Waals surface area contributed by atoms with Crippen molar-refractivity contribution in [2.75, 3.05) is 0 Å². The summed E-state index contributed by atoms with van der Waals surface area (Å²) in [5.41, 5.74) is 1.79. The first kappa shape index (κ1) is 27.7. The van der Waals surface area contributed by atoms with Crippen molar-refractivity contribution in [3.63, 3.8) is 0 Å². The van der Waals surface area contributed by atoms with Gasteiger partial charge in [0.2, 0.25) is 0 Å². The molecule has 0 amide bonds. The number of carbonyl (C=O) groups is 2. The molecular weight excluding hydrogens is 444 g/mol. The molecule has 0 atom stereocenters. The van der Waals surface area contributed by atoms with Crippen molar-refractivity contribution in [1.82, 2.24) is 0 Å². The predicted molar refractivity (Wildman–Crippen MR) is 137 cm³/mol. The SMILES string of the molecule is C=C(C)C(=O)Oc1ccc(C(C)(C)c2ccc(OC(=O)C(=C)C)cc2OC(C)C)c(OC(C)C)c1. The van der Waals surface area contributed by atoms with E-state index in [2.05, 4.69) is 27.0 Å². The highest BCUT2D eigenvalue weighted by Gasteiger charge is 2.31. The van der Waals surface area contributed by atoms with E-state index < -0.39 is 17.4 Å². The van der Waals surface area contributed by atoms with Crippen LogP contribution in [-0.2, 0) is 15.0 Å². The van der Waals surface area contributed by atoms with E-state index in [0.717, 1.165) is 11.1 Å². The third kappa shape index (κ3) is 7.22. The molecule has 0 N–H and O–H groups in total. The van der Waals surface area contributed by atoms with Gasteiger partial charge in [-0.3, -0.25) is 0 Å². The summed E-state index contributed by atoms with van der Waals surface area (Å²) in [5.74, 6) is 0.915. The quantitative estimate of drug-likeness (QED) is 0.218. The van der Waals surface area contributed by atoms with Crippen LogP contribution in [0, 0.1) is 0 Å². The van der Waals surface area contributed by atoms with Crippen LogP contribution >= 0.6 is 0 Å². The third-order valence-electron chi connectivity index (χ3n) is 5.10. The average Bonchev–Trinajstić information content (AvgIpc) is 2.72. The zero-order valence-electron chi connectivity index (χ0n) is 22.0. The number of benzene rings is 2. The minimum Gasteiger partial charge on any atom is -0.491 e. The Morgan fingerprint density at radius 2 is 1.06 bits per heavy atom. The molecule has 0 aliphatic rings. The molecule has 6 heteroatoms. The molecule has 0 saturated carbocycles. The number of hydrogen-bond acceptors (Lipinski definition) is 6. The number of ether oxygens (including phenoxy) is 4. The summed E-state index contributed by atoms with van der Waals surface area (Å²) in [6, 6.07) is 10.7. The lowest BCUT2D eigenvalue weighted by Gasteiger charge is -2.31. The van der Waals surface area contributed by atoms with Crippen molar-refractivity contribution in [3.8, 4) is 23.0 Å². The molecule has 0 saturated heterocycles. The van der Waals surface area contributed by atoms with Gasteiger partial charge in [-0.1, -0.05) is 39.1 Å². The fraction of sp³-hybridized carbons (Fsp3) is 0.379. The molecule has 35 heavy (non-hydrogen) atoms. The van der Waals surface area contributed by atoms with E-state index in [1.165, 1.54) is 0 Å². The van der Waals surface area contributed by atoms with Crippen LogP contribution in [0.2, 0.25) is 0 Å². The molecule has 0 bridgehead atoms. The van der Waals surface area contributed by atoms with Gasteiger partial charge in [-0.05, 0) is 53.7 Å². The second kappa shape index (κ2) is 11.3. The molecule has 2 aromatic rings. The van der Waals surface area contributed by atoms with Crippen molar-refractivity contribution in [1.29, 1.82) is 0 Å². The maximum absolute atomic E-state index is 12.0. The van der Waals surface area contributed by atoms with Gasteiger partial charge in [0.1, 0.15) is 23.0 Å². The topological polar surface area (TPSA) is 71.1 Å². The first-order valence-electron chi connectivity index (χ1n) is 11.6. The Balaban J connectivity index is 2.59. The lowest BCUT2D eigenvalue weighted by atomic mass is 9.77. The Morgan fingerprint density at radius 1 is 0.714 bits per heavy atom. The molecule has 0 aliphatic carbocycles. The minimum atomic E-state index is -0.581. The van der Waals surface area contributed by atoms with Crippen LogP contribution in [0.15, 0.2) is 60.7 Å². The Kier molecular flexibility index (Phi) is 8.91. The van der Waals surface area contributed by atoms with E-state index in [0.29, 0.717) is 34.1 Å². The molecule has 0 aromatic heterocycles. The highest BCUT2D eigenvalue weighted by Crippen LogP contribution is 2.44. The molecule has 0 heterocycles. The van der Waals surface area contributed by atoms with Crippen LogP contribution in [-0.4, -0.2) is 24.1 Å². The lowest BCUT2D eigenvalue weighted by molar-refractivity contribution is -0.130. The first-order chi connectivity index (χ1) is 16.2. The molecular formula is C29H36O6. The molecule has 0 radical (unpaired) electrons. The summed E-state index contributed by atoms with van der Waals surface area (Å²) < 4.78 is 23.1. The van der Waals surface area contributed by atoms with Crippen LogP contribution in [0.1, 0.15) is 66.5 Å². The molecule has 0 aliphatic heterocycles. The van der Waals surface area contributed by atoms with Crippen molar-refractivity contribution >= 4 is 11.9 Å². The standard InChI is InChI=1S/C29H36O6/c1-17(2)27(30)34-21-11-13-23(25(15-21)32-19(5)6)29(9,10)24-14-12-22(35-28(31)18(3)4)16-26(24)33-20(7)8/h11-16,19-20H,1,3H2,2,4-10H3. The van der Waals surface area contributed by atoms with E-state index >= 15 is 0 Å². The Hall–Kier alpha value is -3.54. The van der Waals surface area contributed by atoms with Crippen molar-refractivity contribution < 1.29 is 28.5 Å². The summed E-state index contributed by atoms with van der Waals surface area (Å²) in [7, 11) is 0. The third-order valence-corrected chi connectivity index (χ3v) is 5.10. The molecule has 0 spiro atoms.